The van der Waals surface area contributed by atoms with E-state index in [-0.39, 0.29) is 30.9 Å². The summed E-state index contributed by atoms with van der Waals surface area (Å²) in [7, 11) is 1.59. The lowest BCUT2D eigenvalue weighted by molar-refractivity contribution is -0.139. The van der Waals surface area contributed by atoms with E-state index in [1.807, 2.05) is 60.0 Å². The molecule has 2 amide bonds. The summed E-state index contributed by atoms with van der Waals surface area (Å²) < 4.78 is 7.80. The highest BCUT2D eigenvalue weighted by Crippen LogP contribution is 2.24. The van der Waals surface area contributed by atoms with Crippen molar-refractivity contribution in [2.45, 2.75) is 26.0 Å². The van der Waals surface area contributed by atoms with Crippen LogP contribution in [0.25, 0.3) is 11.0 Å². The summed E-state index contributed by atoms with van der Waals surface area (Å²) in [6.45, 7) is 3.29. The molecule has 0 saturated carbocycles. The van der Waals surface area contributed by atoms with Crippen LogP contribution in [0, 0.1) is 6.92 Å². The zero-order valence-corrected chi connectivity index (χ0v) is 20.2. The SMILES string of the molecule is CNC(=O)Cc1nc2ccccc2n1CC(=O)N1CCO[C@H](c2cccc(Nc3cc(C)[nH]n3)n2)C1. The van der Waals surface area contributed by atoms with E-state index in [2.05, 4.69) is 30.8 Å². The third kappa shape index (κ3) is 5.05. The number of H-pyrrole nitrogens is 1. The second-order valence-electron chi connectivity index (χ2n) is 8.66. The Balaban J connectivity index is 1.31. The number of hydrogen-bond donors (Lipinski definition) is 3. The summed E-state index contributed by atoms with van der Waals surface area (Å²) in [5.74, 6) is 1.66. The molecule has 5 rings (SSSR count). The first-order valence-corrected chi connectivity index (χ1v) is 11.8. The van der Waals surface area contributed by atoms with E-state index in [0.29, 0.717) is 37.2 Å². The molecule has 11 heteroatoms. The van der Waals surface area contributed by atoms with E-state index in [1.54, 1.807) is 11.9 Å². The van der Waals surface area contributed by atoms with Gasteiger partial charge in [0.2, 0.25) is 11.8 Å². The maximum atomic E-state index is 13.4. The minimum atomic E-state index is -0.352. The predicted octanol–water partition coefficient (Wildman–Crippen LogP) is 2.10. The van der Waals surface area contributed by atoms with Gasteiger partial charge >= 0.3 is 0 Å². The number of rotatable bonds is 7. The van der Waals surface area contributed by atoms with Crippen molar-refractivity contribution in [2.75, 3.05) is 32.1 Å². The molecule has 1 fully saturated rings. The second kappa shape index (κ2) is 10.2. The average molecular weight is 489 g/mol. The number of aromatic nitrogens is 5. The predicted molar refractivity (Wildman–Crippen MR) is 134 cm³/mol. The number of hydrogen-bond acceptors (Lipinski definition) is 7. The van der Waals surface area contributed by atoms with Crippen LogP contribution in [0.5, 0.6) is 0 Å². The van der Waals surface area contributed by atoms with Gasteiger partial charge in [0.05, 0.1) is 36.3 Å². The Morgan fingerprint density at radius 1 is 1.14 bits per heavy atom. The van der Waals surface area contributed by atoms with Crippen molar-refractivity contribution < 1.29 is 14.3 Å². The molecule has 186 valence electrons. The van der Waals surface area contributed by atoms with E-state index in [1.165, 1.54) is 0 Å². The minimum absolute atomic E-state index is 0.0640. The summed E-state index contributed by atoms with van der Waals surface area (Å²) in [4.78, 5) is 36.5. The summed E-state index contributed by atoms with van der Waals surface area (Å²) in [5, 5.41) is 12.9. The Morgan fingerprint density at radius 3 is 2.81 bits per heavy atom. The average Bonchev–Trinajstić information content (AvgIpc) is 3.46. The summed E-state index contributed by atoms with van der Waals surface area (Å²) in [6, 6.07) is 15.1. The van der Waals surface area contributed by atoms with Gasteiger partial charge in [-0.15, -0.1) is 0 Å². The third-order valence-electron chi connectivity index (χ3n) is 6.11. The number of nitrogens with one attached hydrogen (secondary N) is 3. The number of morpholine rings is 1. The topological polar surface area (TPSA) is 130 Å². The van der Waals surface area contributed by atoms with Crippen LogP contribution >= 0.6 is 0 Å². The molecular formula is C25H28N8O3. The fraction of sp³-hybridized carbons (Fsp3) is 0.320. The Kier molecular flexibility index (Phi) is 6.63. The van der Waals surface area contributed by atoms with Crippen LogP contribution < -0.4 is 10.6 Å². The molecule has 3 aromatic heterocycles. The molecule has 1 saturated heterocycles. The number of likely N-dealkylation sites (N-methyl/N-ethyl adjacent to an activating group) is 1. The van der Waals surface area contributed by atoms with Gasteiger partial charge in [0.25, 0.3) is 0 Å². The Morgan fingerprint density at radius 2 is 2.00 bits per heavy atom. The van der Waals surface area contributed by atoms with Gasteiger partial charge in [0.15, 0.2) is 5.82 Å². The van der Waals surface area contributed by atoms with Crippen molar-refractivity contribution >= 4 is 34.5 Å². The zero-order chi connectivity index (χ0) is 25.1. The Labute approximate surface area is 207 Å². The maximum Gasteiger partial charge on any atom is 0.242 e. The fourth-order valence-corrected chi connectivity index (χ4v) is 4.27. The Hall–Kier alpha value is -4.25. The second-order valence-corrected chi connectivity index (χ2v) is 8.66. The number of fused-ring (bicyclic) bond motifs is 1. The number of imidazole rings is 1. The van der Waals surface area contributed by atoms with Crippen molar-refractivity contribution in [1.29, 1.82) is 0 Å². The monoisotopic (exact) mass is 488 g/mol. The lowest BCUT2D eigenvalue weighted by atomic mass is 10.2. The van der Waals surface area contributed by atoms with E-state index >= 15 is 0 Å². The van der Waals surface area contributed by atoms with E-state index < -0.39 is 0 Å². The van der Waals surface area contributed by atoms with Crippen molar-refractivity contribution in [1.82, 2.24) is 34.9 Å². The smallest absolute Gasteiger partial charge is 0.242 e. The number of nitrogens with zero attached hydrogens (tertiary/aromatic N) is 5. The highest BCUT2D eigenvalue weighted by molar-refractivity contribution is 5.83. The largest absolute Gasteiger partial charge is 0.368 e. The zero-order valence-electron chi connectivity index (χ0n) is 20.2. The number of ether oxygens (including phenoxy) is 1. The molecule has 1 aliphatic heterocycles. The van der Waals surface area contributed by atoms with Crippen molar-refractivity contribution in [3.05, 3.63) is 65.7 Å². The quantitative estimate of drug-likeness (QED) is 0.363. The van der Waals surface area contributed by atoms with Gasteiger partial charge in [-0.3, -0.25) is 14.7 Å². The van der Waals surface area contributed by atoms with Gasteiger partial charge in [-0.05, 0) is 31.2 Å². The fourth-order valence-electron chi connectivity index (χ4n) is 4.27. The molecule has 4 aromatic rings. The molecule has 0 bridgehead atoms. The molecule has 36 heavy (non-hydrogen) atoms. The molecule has 0 radical (unpaired) electrons. The molecule has 11 nitrogen and oxygen atoms in total. The summed E-state index contributed by atoms with van der Waals surface area (Å²) in [6.07, 6.45) is -0.251. The molecule has 0 aliphatic carbocycles. The Bertz CT molecular complexity index is 1390. The van der Waals surface area contributed by atoms with Crippen LogP contribution in [-0.4, -0.2) is 68.2 Å². The lowest BCUT2D eigenvalue weighted by Gasteiger charge is -2.33. The van der Waals surface area contributed by atoms with Crippen molar-refractivity contribution in [3.63, 3.8) is 0 Å². The van der Waals surface area contributed by atoms with E-state index in [4.69, 9.17) is 4.74 Å². The third-order valence-corrected chi connectivity index (χ3v) is 6.11. The van der Waals surface area contributed by atoms with Crippen molar-refractivity contribution in [2.24, 2.45) is 0 Å². The van der Waals surface area contributed by atoms with E-state index in [9.17, 15) is 9.59 Å². The number of para-hydroxylation sites is 2. The summed E-state index contributed by atoms with van der Waals surface area (Å²) in [5.41, 5.74) is 3.26. The summed E-state index contributed by atoms with van der Waals surface area (Å²) >= 11 is 0. The number of benzene rings is 1. The maximum absolute atomic E-state index is 13.4. The van der Waals surface area contributed by atoms with Crippen LogP contribution in [0.4, 0.5) is 11.6 Å². The van der Waals surface area contributed by atoms with Crippen LogP contribution in [0.3, 0.4) is 0 Å². The number of carbonyl (C=O) groups is 2. The van der Waals surface area contributed by atoms with Gasteiger partial charge in [-0.2, -0.15) is 5.10 Å². The first kappa shape index (κ1) is 23.5. The number of anilines is 2. The molecule has 1 aromatic carbocycles. The lowest BCUT2D eigenvalue weighted by Crippen LogP contribution is -2.44. The molecule has 3 N–H and O–H groups in total. The molecule has 4 heterocycles. The van der Waals surface area contributed by atoms with Gasteiger partial charge in [0, 0.05) is 25.4 Å². The normalized spacial score (nSPS) is 15.7. The van der Waals surface area contributed by atoms with E-state index in [0.717, 1.165) is 22.4 Å². The number of amides is 2. The molecule has 0 spiro atoms. The number of aryl methyl sites for hydroxylation is 1. The standard InChI is InChI=1S/C25H28N8O3/c1-16-12-22(31-30-16)29-21-9-5-7-18(27-21)20-14-32(10-11-36-20)25(35)15-33-19-8-4-3-6-17(19)28-23(33)13-24(34)26-2/h3-9,12,20H,10-11,13-15H2,1-2H3,(H,26,34)(H2,27,29,30,31)/t20-/m0/s1. The first-order valence-electron chi connectivity index (χ1n) is 11.8. The van der Waals surface area contributed by atoms with Gasteiger partial charge in [-0.1, -0.05) is 18.2 Å². The molecule has 1 atom stereocenters. The number of aromatic amines is 1. The van der Waals surface area contributed by atoms with Gasteiger partial charge in [-0.25, -0.2) is 9.97 Å². The van der Waals surface area contributed by atoms with Crippen LogP contribution in [0.1, 0.15) is 23.3 Å². The van der Waals surface area contributed by atoms with Crippen molar-refractivity contribution in [3.8, 4) is 0 Å². The number of carbonyl (C=O) groups excluding carboxylic acids is 2. The van der Waals surface area contributed by atoms with Crippen LogP contribution in [-0.2, 0) is 27.3 Å². The highest BCUT2D eigenvalue weighted by atomic mass is 16.5. The number of pyridine rings is 1. The highest BCUT2D eigenvalue weighted by Gasteiger charge is 2.27. The van der Waals surface area contributed by atoms with Crippen LogP contribution in [0.15, 0.2) is 48.5 Å². The van der Waals surface area contributed by atoms with Gasteiger partial charge < -0.3 is 24.8 Å². The van der Waals surface area contributed by atoms with Crippen LogP contribution in [0.2, 0.25) is 0 Å². The first-order chi connectivity index (χ1) is 17.5. The minimum Gasteiger partial charge on any atom is -0.368 e. The molecule has 0 unspecified atom stereocenters. The molecule has 1 aliphatic rings. The molecular weight excluding hydrogens is 460 g/mol. The van der Waals surface area contributed by atoms with Gasteiger partial charge in [0.1, 0.15) is 24.3 Å².